The lowest BCUT2D eigenvalue weighted by Crippen LogP contribution is -2.19. The molecule has 0 saturated carbocycles. The smallest absolute Gasteiger partial charge is 0.0485 e. The minimum atomic E-state index is 0.451. The molecule has 19 heavy (non-hydrogen) atoms. The molecular weight excluding hydrogens is 302 g/mol. The molecule has 1 unspecified atom stereocenters. The van der Waals surface area contributed by atoms with Crippen LogP contribution in [0.2, 0.25) is 0 Å². The van der Waals surface area contributed by atoms with Crippen LogP contribution in [0.4, 0.5) is 0 Å². The Morgan fingerprint density at radius 3 is 2.89 bits per heavy atom. The molecule has 2 heterocycles. The van der Waals surface area contributed by atoms with Crippen LogP contribution in [0.5, 0.6) is 0 Å². The first-order chi connectivity index (χ1) is 9.22. The van der Waals surface area contributed by atoms with Crippen molar-refractivity contribution in [3.05, 3.63) is 52.5 Å². The number of nitrogens with one attached hydrogen (secondary N) is 1. The van der Waals surface area contributed by atoms with Crippen molar-refractivity contribution >= 4 is 15.9 Å². The predicted octanol–water partition coefficient (Wildman–Crippen LogP) is 3.75. The van der Waals surface area contributed by atoms with E-state index < -0.39 is 0 Å². The van der Waals surface area contributed by atoms with Gasteiger partial charge in [0, 0.05) is 41.8 Å². The summed E-state index contributed by atoms with van der Waals surface area (Å²) in [6.45, 7) is 6.21. The van der Waals surface area contributed by atoms with Crippen molar-refractivity contribution in [3.8, 4) is 0 Å². The fourth-order valence-electron chi connectivity index (χ4n) is 2.26. The van der Waals surface area contributed by atoms with E-state index in [2.05, 4.69) is 69.2 Å². The molecule has 0 aliphatic rings. The van der Waals surface area contributed by atoms with E-state index in [1.165, 1.54) is 11.1 Å². The van der Waals surface area contributed by atoms with Crippen molar-refractivity contribution in [3.63, 3.8) is 0 Å². The fraction of sp³-hybridized carbons (Fsp3) is 0.400. The SMILES string of the molecule is CCNC(CC)c1ccn(Cc2cncc(Br)c2)c1. The largest absolute Gasteiger partial charge is 0.350 e. The minimum absolute atomic E-state index is 0.451. The van der Waals surface area contributed by atoms with Gasteiger partial charge in [0.2, 0.25) is 0 Å². The van der Waals surface area contributed by atoms with Gasteiger partial charge in [-0.3, -0.25) is 4.98 Å². The number of pyridine rings is 1. The van der Waals surface area contributed by atoms with E-state index in [1.54, 1.807) is 0 Å². The number of nitrogens with zero attached hydrogens (tertiary/aromatic N) is 2. The highest BCUT2D eigenvalue weighted by Crippen LogP contribution is 2.18. The molecule has 1 atom stereocenters. The van der Waals surface area contributed by atoms with Gasteiger partial charge in [0.15, 0.2) is 0 Å². The van der Waals surface area contributed by atoms with Crippen molar-refractivity contribution in [2.24, 2.45) is 0 Å². The summed E-state index contributed by atoms with van der Waals surface area (Å²) in [6.07, 6.45) is 9.18. The molecule has 0 aliphatic carbocycles. The Hall–Kier alpha value is -1.13. The summed E-state index contributed by atoms with van der Waals surface area (Å²) < 4.78 is 3.23. The fourth-order valence-corrected chi connectivity index (χ4v) is 2.67. The lowest BCUT2D eigenvalue weighted by Gasteiger charge is -2.14. The summed E-state index contributed by atoms with van der Waals surface area (Å²) in [6, 6.07) is 4.75. The molecule has 2 rings (SSSR count). The molecule has 0 aromatic carbocycles. The van der Waals surface area contributed by atoms with Crippen molar-refractivity contribution in [2.45, 2.75) is 32.9 Å². The van der Waals surface area contributed by atoms with Gasteiger partial charge < -0.3 is 9.88 Å². The molecule has 1 N–H and O–H groups in total. The molecule has 0 radical (unpaired) electrons. The Kier molecular flexibility index (Phi) is 5.16. The Morgan fingerprint density at radius 2 is 2.21 bits per heavy atom. The summed E-state index contributed by atoms with van der Waals surface area (Å²) in [5.41, 5.74) is 2.56. The quantitative estimate of drug-likeness (QED) is 0.878. The number of halogens is 1. The van der Waals surface area contributed by atoms with E-state index in [9.17, 15) is 0 Å². The van der Waals surface area contributed by atoms with E-state index >= 15 is 0 Å². The van der Waals surface area contributed by atoms with Gasteiger partial charge in [0.25, 0.3) is 0 Å². The van der Waals surface area contributed by atoms with Crippen LogP contribution < -0.4 is 5.32 Å². The molecule has 0 amide bonds. The third-order valence-electron chi connectivity index (χ3n) is 3.16. The topological polar surface area (TPSA) is 29.9 Å². The van der Waals surface area contributed by atoms with Crippen molar-refractivity contribution in [1.82, 2.24) is 14.9 Å². The summed E-state index contributed by atoms with van der Waals surface area (Å²) in [7, 11) is 0. The van der Waals surface area contributed by atoms with E-state index in [1.807, 2.05) is 12.4 Å². The summed E-state index contributed by atoms with van der Waals surface area (Å²) in [5, 5.41) is 3.50. The molecule has 2 aromatic heterocycles. The first-order valence-corrected chi connectivity index (χ1v) is 7.50. The molecule has 0 aliphatic heterocycles. The molecule has 2 aromatic rings. The summed E-state index contributed by atoms with van der Waals surface area (Å²) in [4.78, 5) is 4.20. The number of hydrogen-bond donors (Lipinski definition) is 1. The Balaban J connectivity index is 2.08. The average molecular weight is 322 g/mol. The van der Waals surface area contributed by atoms with Crippen molar-refractivity contribution in [1.29, 1.82) is 0 Å². The van der Waals surface area contributed by atoms with Gasteiger partial charge in [0.05, 0.1) is 0 Å². The molecular formula is C15H20BrN3. The normalized spacial score (nSPS) is 12.6. The molecule has 0 saturated heterocycles. The Morgan fingerprint density at radius 1 is 1.37 bits per heavy atom. The number of rotatable bonds is 6. The highest BCUT2D eigenvalue weighted by Gasteiger charge is 2.09. The lowest BCUT2D eigenvalue weighted by atomic mass is 10.1. The highest BCUT2D eigenvalue weighted by molar-refractivity contribution is 9.10. The van der Waals surface area contributed by atoms with Crippen LogP contribution >= 0.6 is 15.9 Å². The van der Waals surface area contributed by atoms with E-state index in [0.29, 0.717) is 6.04 Å². The standard InChI is InChI=1S/C15H20BrN3/c1-3-15(18-4-2)13-5-6-19(11-13)10-12-7-14(16)9-17-8-12/h5-9,11,15,18H,3-4,10H2,1-2H3. The van der Waals surface area contributed by atoms with Gasteiger partial charge in [-0.05, 0) is 52.2 Å². The lowest BCUT2D eigenvalue weighted by molar-refractivity contribution is 0.536. The van der Waals surface area contributed by atoms with Crippen LogP contribution in [0, 0.1) is 0 Å². The van der Waals surface area contributed by atoms with Crippen LogP contribution in [-0.2, 0) is 6.54 Å². The Labute approximate surface area is 123 Å². The van der Waals surface area contributed by atoms with Crippen LogP contribution in [-0.4, -0.2) is 16.1 Å². The molecule has 4 heteroatoms. The van der Waals surface area contributed by atoms with Gasteiger partial charge in [-0.25, -0.2) is 0 Å². The highest BCUT2D eigenvalue weighted by atomic mass is 79.9. The first-order valence-electron chi connectivity index (χ1n) is 6.71. The van der Waals surface area contributed by atoms with Gasteiger partial charge in [-0.15, -0.1) is 0 Å². The van der Waals surface area contributed by atoms with E-state index in [4.69, 9.17) is 0 Å². The monoisotopic (exact) mass is 321 g/mol. The second-order valence-corrected chi connectivity index (χ2v) is 5.56. The van der Waals surface area contributed by atoms with Gasteiger partial charge >= 0.3 is 0 Å². The van der Waals surface area contributed by atoms with Crippen molar-refractivity contribution < 1.29 is 0 Å². The molecule has 102 valence electrons. The van der Waals surface area contributed by atoms with Crippen LogP contribution in [0.25, 0.3) is 0 Å². The summed E-state index contributed by atoms with van der Waals surface area (Å²) >= 11 is 3.45. The zero-order valence-electron chi connectivity index (χ0n) is 11.4. The maximum atomic E-state index is 4.20. The third kappa shape index (κ3) is 3.91. The second kappa shape index (κ2) is 6.87. The van der Waals surface area contributed by atoms with Gasteiger partial charge in [-0.2, -0.15) is 0 Å². The van der Waals surface area contributed by atoms with Gasteiger partial charge in [-0.1, -0.05) is 13.8 Å². The molecule has 3 nitrogen and oxygen atoms in total. The zero-order chi connectivity index (χ0) is 13.7. The predicted molar refractivity (Wildman–Crippen MR) is 82.2 cm³/mol. The summed E-state index contributed by atoms with van der Waals surface area (Å²) in [5.74, 6) is 0. The maximum absolute atomic E-state index is 4.20. The number of hydrogen-bond acceptors (Lipinski definition) is 2. The Bertz CT molecular complexity index is 522. The van der Waals surface area contributed by atoms with Crippen LogP contribution in [0.3, 0.4) is 0 Å². The van der Waals surface area contributed by atoms with E-state index in [0.717, 1.165) is 24.0 Å². The zero-order valence-corrected chi connectivity index (χ0v) is 13.0. The molecule has 0 bridgehead atoms. The van der Waals surface area contributed by atoms with Crippen LogP contribution in [0.1, 0.15) is 37.4 Å². The molecule has 0 spiro atoms. The van der Waals surface area contributed by atoms with E-state index in [-0.39, 0.29) is 0 Å². The minimum Gasteiger partial charge on any atom is -0.350 e. The average Bonchev–Trinajstić information content (AvgIpc) is 2.84. The second-order valence-electron chi connectivity index (χ2n) is 4.65. The van der Waals surface area contributed by atoms with Gasteiger partial charge in [0.1, 0.15) is 0 Å². The maximum Gasteiger partial charge on any atom is 0.0485 e. The van der Waals surface area contributed by atoms with Crippen molar-refractivity contribution in [2.75, 3.05) is 6.54 Å². The third-order valence-corrected chi connectivity index (χ3v) is 3.59. The number of aromatic nitrogens is 2. The first kappa shape index (κ1) is 14.3. The molecule has 0 fully saturated rings. The van der Waals surface area contributed by atoms with Crippen LogP contribution in [0.15, 0.2) is 41.4 Å².